The lowest BCUT2D eigenvalue weighted by Crippen LogP contribution is -2.42. The zero-order valence-corrected chi connectivity index (χ0v) is 15.4. The molecule has 2 atom stereocenters. The van der Waals surface area contributed by atoms with Crippen molar-refractivity contribution in [1.82, 2.24) is 10.2 Å². The summed E-state index contributed by atoms with van der Waals surface area (Å²) in [6, 6.07) is 8.14. The molecule has 5 heteroatoms. The summed E-state index contributed by atoms with van der Waals surface area (Å²) in [4.78, 5) is 6.93. The van der Waals surface area contributed by atoms with Gasteiger partial charge in [0.05, 0.1) is 13.2 Å². The first-order chi connectivity index (χ1) is 11.6. The van der Waals surface area contributed by atoms with Gasteiger partial charge in [0.2, 0.25) is 0 Å². The Morgan fingerprint density at radius 2 is 2.17 bits per heavy atom. The molecule has 1 aliphatic heterocycles. The molecule has 1 saturated heterocycles. The second-order valence-corrected chi connectivity index (χ2v) is 6.55. The van der Waals surface area contributed by atoms with E-state index in [4.69, 9.17) is 14.5 Å². The van der Waals surface area contributed by atoms with Crippen LogP contribution in [0, 0.1) is 12.8 Å². The molecule has 0 radical (unpaired) electrons. The third-order valence-electron chi connectivity index (χ3n) is 4.11. The second-order valence-electron chi connectivity index (χ2n) is 6.55. The monoisotopic (exact) mass is 333 g/mol. The van der Waals surface area contributed by atoms with Crippen LogP contribution >= 0.6 is 0 Å². The molecule has 1 N–H and O–H groups in total. The number of aliphatic imine (C=N–C) groups is 1. The summed E-state index contributed by atoms with van der Waals surface area (Å²) < 4.78 is 11.4. The molecule has 2 rings (SSSR count). The van der Waals surface area contributed by atoms with Crippen molar-refractivity contribution in [2.24, 2.45) is 10.9 Å². The summed E-state index contributed by atoms with van der Waals surface area (Å²) in [6.07, 6.45) is 1.17. The molecule has 2 unspecified atom stereocenters. The van der Waals surface area contributed by atoms with E-state index in [1.54, 1.807) is 0 Å². The van der Waals surface area contributed by atoms with Gasteiger partial charge in [0.1, 0.15) is 11.9 Å². The summed E-state index contributed by atoms with van der Waals surface area (Å²) in [5.41, 5.74) is 1.24. The van der Waals surface area contributed by atoms with E-state index < -0.39 is 0 Å². The quantitative estimate of drug-likeness (QED) is 0.616. The van der Waals surface area contributed by atoms with Crippen LogP contribution in [0.2, 0.25) is 0 Å². The average molecular weight is 333 g/mol. The van der Waals surface area contributed by atoms with Crippen molar-refractivity contribution in [2.45, 2.75) is 33.3 Å². The number of ether oxygens (including phenoxy) is 2. The highest BCUT2D eigenvalue weighted by atomic mass is 16.5. The van der Waals surface area contributed by atoms with E-state index in [1.165, 1.54) is 5.56 Å². The Hall–Kier alpha value is -1.75. The van der Waals surface area contributed by atoms with Crippen LogP contribution in [0.5, 0.6) is 5.75 Å². The fourth-order valence-electron chi connectivity index (χ4n) is 2.77. The Morgan fingerprint density at radius 1 is 1.42 bits per heavy atom. The highest BCUT2D eigenvalue weighted by Crippen LogP contribution is 2.14. The number of rotatable bonds is 7. The van der Waals surface area contributed by atoms with Crippen LogP contribution in [0.4, 0.5) is 0 Å². The summed E-state index contributed by atoms with van der Waals surface area (Å²) in [5, 5.41) is 3.36. The normalized spacial score (nSPS) is 19.2. The van der Waals surface area contributed by atoms with Crippen LogP contribution in [0.1, 0.15) is 25.8 Å². The first-order valence-electron chi connectivity index (χ1n) is 8.89. The van der Waals surface area contributed by atoms with Gasteiger partial charge in [-0.15, -0.1) is 0 Å². The van der Waals surface area contributed by atoms with Crippen LogP contribution < -0.4 is 10.1 Å². The number of hydrogen-bond acceptors (Lipinski definition) is 3. The second kappa shape index (κ2) is 9.52. The van der Waals surface area contributed by atoms with E-state index >= 15 is 0 Å². The Bertz CT molecular complexity index is 510. The molecule has 1 aromatic carbocycles. The molecule has 0 aliphatic carbocycles. The minimum absolute atomic E-state index is 0.0320. The molecule has 0 saturated carbocycles. The van der Waals surface area contributed by atoms with Gasteiger partial charge in [0.25, 0.3) is 0 Å². The van der Waals surface area contributed by atoms with Crippen molar-refractivity contribution in [3.63, 3.8) is 0 Å². The lowest BCUT2D eigenvalue weighted by atomic mass is 10.1. The molecule has 1 aliphatic rings. The van der Waals surface area contributed by atoms with Crippen LogP contribution in [-0.4, -0.2) is 56.9 Å². The van der Waals surface area contributed by atoms with Crippen LogP contribution in [0.15, 0.2) is 29.3 Å². The van der Waals surface area contributed by atoms with Crippen LogP contribution in [0.25, 0.3) is 0 Å². The number of hydrogen-bond donors (Lipinski definition) is 1. The van der Waals surface area contributed by atoms with Gasteiger partial charge >= 0.3 is 0 Å². The minimum atomic E-state index is 0.0320. The standard InChI is InChI=1S/C19H31N3O2/c1-5-20-19(22(4)13-17-10-11-23-14-17)21-12-16(3)24-18-8-6-15(2)7-9-18/h6-9,16-17H,5,10-14H2,1-4H3,(H,20,21). The zero-order valence-electron chi connectivity index (χ0n) is 15.4. The molecule has 0 bridgehead atoms. The smallest absolute Gasteiger partial charge is 0.193 e. The van der Waals surface area contributed by atoms with Crippen molar-refractivity contribution in [3.8, 4) is 5.75 Å². The minimum Gasteiger partial charge on any atom is -0.489 e. The maximum Gasteiger partial charge on any atom is 0.193 e. The van der Waals surface area contributed by atoms with Crippen molar-refractivity contribution < 1.29 is 9.47 Å². The molecule has 1 heterocycles. The molecule has 24 heavy (non-hydrogen) atoms. The van der Waals surface area contributed by atoms with E-state index in [1.807, 2.05) is 12.1 Å². The first kappa shape index (κ1) is 18.6. The summed E-state index contributed by atoms with van der Waals surface area (Å²) >= 11 is 0. The Morgan fingerprint density at radius 3 is 2.79 bits per heavy atom. The third-order valence-corrected chi connectivity index (χ3v) is 4.11. The van der Waals surface area contributed by atoms with E-state index in [0.29, 0.717) is 12.5 Å². The van der Waals surface area contributed by atoms with Gasteiger partial charge in [0, 0.05) is 32.7 Å². The fraction of sp³-hybridized carbons (Fsp3) is 0.632. The van der Waals surface area contributed by atoms with Crippen LogP contribution in [-0.2, 0) is 4.74 Å². The molecular formula is C19H31N3O2. The first-order valence-corrected chi connectivity index (χ1v) is 8.89. The average Bonchev–Trinajstić information content (AvgIpc) is 3.06. The molecule has 5 nitrogen and oxygen atoms in total. The predicted molar refractivity (Wildman–Crippen MR) is 98.8 cm³/mol. The van der Waals surface area contributed by atoms with E-state index in [9.17, 15) is 0 Å². The Balaban J connectivity index is 1.87. The third kappa shape index (κ3) is 6.04. The highest BCUT2D eigenvalue weighted by Gasteiger charge is 2.19. The highest BCUT2D eigenvalue weighted by molar-refractivity contribution is 5.79. The molecule has 1 fully saturated rings. The lowest BCUT2D eigenvalue weighted by Gasteiger charge is -2.25. The van der Waals surface area contributed by atoms with E-state index in [0.717, 1.165) is 44.4 Å². The van der Waals surface area contributed by atoms with Crippen molar-refractivity contribution in [1.29, 1.82) is 0 Å². The molecule has 0 aromatic heterocycles. The number of guanidine groups is 1. The molecule has 0 spiro atoms. The maximum atomic E-state index is 5.94. The zero-order chi connectivity index (χ0) is 17.4. The van der Waals surface area contributed by atoms with Crippen LogP contribution in [0.3, 0.4) is 0 Å². The Labute approximate surface area is 146 Å². The molecule has 134 valence electrons. The topological polar surface area (TPSA) is 46.1 Å². The number of aryl methyl sites for hydroxylation is 1. The molecular weight excluding hydrogens is 302 g/mol. The summed E-state index contributed by atoms with van der Waals surface area (Å²) in [5.74, 6) is 2.42. The summed E-state index contributed by atoms with van der Waals surface area (Å²) in [7, 11) is 2.09. The van der Waals surface area contributed by atoms with Gasteiger partial charge in [-0.05, 0) is 39.3 Å². The van der Waals surface area contributed by atoms with Crippen molar-refractivity contribution in [2.75, 3.05) is 39.9 Å². The van der Waals surface area contributed by atoms with Crippen molar-refractivity contribution in [3.05, 3.63) is 29.8 Å². The fourth-order valence-corrected chi connectivity index (χ4v) is 2.77. The van der Waals surface area contributed by atoms with Crippen molar-refractivity contribution >= 4 is 5.96 Å². The van der Waals surface area contributed by atoms with Gasteiger partial charge in [0.15, 0.2) is 5.96 Å². The largest absolute Gasteiger partial charge is 0.489 e. The number of nitrogens with zero attached hydrogens (tertiary/aromatic N) is 2. The Kier molecular flexibility index (Phi) is 7.37. The lowest BCUT2D eigenvalue weighted by molar-refractivity contribution is 0.181. The van der Waals surface area contributed by atoms with Gasteiger partial charge in [-0.25, -0.2) is 4.99 Å². The predicted octanol–water partition coefficient (Wildman–Crippen LogP) is 2.70. The molecule has 1 aromatic rings. The maximum absolute atomic E-state index is 5.94. The number of nitrogens with one attached hydrogen (secondary N) is 1. The SMILES string of the molecule is CCNC(=NCC(C)Oc1ccc(C)cc1)N(C)CC1CCOC1. The van der Waals surface area contributed by atoms with Gasteiger partial charge in [-0.1, -0.05) is 17.7 Å². The summed E-state index contributed by atoms with van der Waals surface area (Å²) in [6.45, 7) is 10.4. The number of benzene rings is 1. The van der Waals surface area contributed by atoms with Gasteiger partial charge in [-0.3, -0.25) is 0 Å². The van der Waals surface area contributed by atoms with E-state index in [-0.39, 0.29) is 6.10 Å². The van der Waals surface area contributed by atoms with Gasteiger partial charge < -0.3 is 19.7 Å². The van der Waals surface area contributed by atoms with E-state index in [2.05, 4.69) is 50.2 Å². The molecule has 0 amide bonds. The van der Waals surface area contributed by atoms with Gasteiger partial charge in [-0.2, -0.15) is 0 Å².